The lowest BCUT2D eigenvalue weighted by Crippen LogP contribution is -2.38. The molecule has 0 spiro atoms. The average molecular weight is 321 g/mol. The summed E-state index contributed by atoms with van der Waals surface area (Å²) < 4.78 is 0. The number of likely N-dealkylation sites (N-methyl/N-ethyl adjacent to an activating group) is 1. The zero-order valence-electron chi connectivity index (χ0n) is 11.7. The summed E-state index contributed by atoms with van der Waals surface area (Å²) in [6.45, 7) is 4.65. The van der Waals surface area contributed by atoms with E-state index < -0.39 is 0 Å². The van der Waals surface area contributed by atoms with E-state index in [0.29, 0.717) is 10.9 Å². The van der Waals surface area contributed by atoms with Gasteiger partial charge in [0.1, 0.15) is 0 Å². The Morgan fingerprint density at radius 2 is 2.11 bits per heavy atom. The summed E-state index contributed by atoms with van der Waals surface area (Å²) in [4.78, 5) is 3.01. The largest absolute Gasteiger partial charge is 0.384 e. The second-order valence-corrected chi connectivity index (χ2v) is 7.70. The number of nitrogens with one attached hydrogen (secondary N) is 1. The van der Waals surface area contributed by atoms with Gasteiger partial charge in [0.2, 0.25) is 0 Å². The third-order valence-corrected chi connectivity index (χ3v) is 5.88. The quantitative estimate of drug-likeness (QED) is 0.690. The summed E-state index contributed by atoms with van der Waals surface area (Å²) in [5.41, 5.74) is 8.15. The molecule has 1 fully saturated rings. The molecule has 2 heterocycles. The van der Waals surface area contributed by atoms with Crippen LogP contribution in [-0.4, -0.2) is 35.9 Å². The fourth-order valence-electron chi connectivity index (χ4n) is 4.18. The first-order valence-corrected chi connectivity index (χ1v) is 8.29. The molecule has 19 heavy (non-hydrogen) atoms. The minimum absolute atomic E-state index is 0.504. The average Bonchev–Trinajstić information content (AvgIpc) is 2.75. The van der Waals surface area contributed by atoms with Gasteiger partial charge in [-0.1, -0.05) is 21.5 Å². The van der Waals surface area contributed by atoms with Crippen LogP contribution in [0.15, 0.2) is 34.1 Å². The smallest absolute Gasteiger partial charge is 0.0388 e. The predicted molar refractivity (Wildman–Crippen MR) is 82.3 cm³/mol. The van der Waals surface area contributed by atoms with Crippen LogP contribution in [0.25, 0.3) is 0 Å². The molecule has 0 radical (unpaired) electrons. The highest BCUT2D eigenvalue weighted by Crippen LogP contribution is 2.48. The summed E-state index contributed by atoms with van der Waals surface area (Å²) in [6.07, 6.45) is 6.12. The molecule has 3 unspecified atom stereocenters. The fourth-order valence-corrected chi connectivity index (χ4v) is 4.77. The fraction of sp³-hybridized carbons (Fsp3) is 0.625. The van der Waals surface area contributed by atoms with Crippen LogP contribution in [-0.2, 0) is 0 Å². The summed E-state index contributed by atoms with van der Waals surface area (Å²) in [6, 6.07) is 0.702. The molecule has 4 aliphatic rings. The first-order valence-electron chi connectivity index (χ1n) is 7.38. The van der Waals surface area contributed by atoms with Gasteiger partial charge in [0.15, 0.2) is 0 Å². The van der Waals surface area contributed by atoms with Gasteiger partial charge < -0.3 is 5.32 Å². The highest BCUT2D eigenvalue weighted by atomic mass is 79.9. The molecule has 0 amide bonds. The van der Waals surface area contributed by atoms with Crippen LogP contribution < -0.4 is 5.32 Å². The van der Waals surface area contributed by atoms with E-state index in [0.717, 1.165) is 19.0 Å². The molecular weight excluding hydrogens is 300 g/mol. The van der Waals surface area contributed by atoms with Crippen LogP contribution in [0.4, 0.5) is 0 Å². The van der Waals surface area contributed by atoms with E-state index in [1.54, 1.807) is 22.3 Å². The van der Waals surface area contributed by atoms with Crippen molar-refractivity contribution in [3.05, 3.63) is 34.1 Å². The zero-order chi connectivity index (χ0) is 13.1. The molecule has 3 atom stereocenters. The van der Waals surface area contributed by atoms with Crippen molar-refractivity contribution in [2.75, 3.05) is 20.1 Å². The van der Waals surface area contributed by atoms with Crippen molar-refractivity contribution in [2.45, 2.75) is 37.1 Å². The summed E-state index contributed by atoms with van der Waals surface area (Å²) in [5.74, 6) is 0.746. The topological polar surface area (TPSA) is 15.3 Å². The molecule has 2 aliphatic carbocycles. The summed E-state index contributed by atoms with van der Waals surface area (Å²) >= 11 is 3.81. The molecular formula is C16H21BrN2. The third-order valence-electron chi connectivity index (χ3n) is 5.29. The predicted octanol–water partition coefficient (Wildman–Crippen LogP) is 2.98. The van der Waals surface area contributed by atoms with Crippen molar-refractivity contribution < 1.29 is 0 Å². The van der Waals surface area contributed by atoms with Gasteiger partial charge in [0, 0.05) is 35.6 Å². The standard InChI is InChI=1S/C16H21BrN2/c1-9-3-10-4-11-7-18-15-6-12(17)5-13(16(11)15)14(10)8-19(9)2/h6,9,11-12,18H,3-5,7-8H2,1-2H3. The molecule has 0 aromatic heterocycles. The first kappa shape index (κ1) is 12.2. The van der Waals surface area contributed by atoms with E-state index in [4.69, 9.17) is 0 Å². The number of nitrogens with zero attached hydrogens (tertiary/aromatic N) is 1. The maximum absolute atomic E-state index is 3.81. The summed E-state index contributed by atoms with van der Waals surface area (Å²) in [7, 11) is 2.27. The Bertz CT molecular complexity index is 529. The maximum Gasteiger partial charge on any atom is 0.0388 e. The lowest BCUT2D eigenvalue weighted by Gasteiger charge is -2.40. The number of alkyl halides is 1. The third kappa shape index (κ3) is 1.78. The van der Waals surface area contributed by atoms with E-state index in [-0.39, 0.29) is 0 Å². The molecule has 4 rings (SSSR count). The Morgan fingerprint density at radius 1 is 1.26 bits per heavy atom. The summed E-state index contributed by atoms with van der Waals surface area (Å²) in [5, 5.41) is 3.63. The Labute approximate surface area is 123 Å². The molecule has 102 valence electrons. The van der Waals surface area contributed by atoms with Crippen molar-refractivity contribution in [3.63, 3.8) is 0 Å². The number of fused-ring (bicyclic) bond motifs is 1. The monoisotopic (exact) mass is 320 g/mol. The first-order chi connectivity index (χ1) is 9.13. The van der Waals surface area contributed by atoms with E-state index in [1.807, 2.05) is 0 Å². The highest BCUT2D eigenvalue weighted by Gasteiger charge is 2.39. The Kier molecular flexibility index (Phi) is 2.72. The van der Waals surface area contributed by atoms with Crippen molar-refractivity contribution in [1.29, 1.82) is 0 Å². The normalized spacial score (nSPS) is 37.8. The molecule has 1 saturated heterocycles. The van der Waals surface area contributed by atoms with E-state index in [9.17, 15) is 0 Å². The number of hydrogen-bond acceptors (Lipinski definition) is 2. The van der Waals surface area contributed by atoms with Gasteiger partial charge in [-0.05, 0) is 56.0 Å². The second-order valence-electron chi connectivity index (χ2n) is 6.53. The van der Waals surface area contributed by atoms with E-state index in [2.05, 4.69) is 46.2 Å². The van der Waals surface area contributed by atoms with Gasteiger partial charge in [-0.15, -0.1) is 0 Å². The number of allylic oxidation sites excluding steroid dienone is 2. The van der Waals surface area contributed by atoms with Gasteiger partial charge in [-0.2, -0.15) is 0 Å². The van der Waals surface area contributed by atoms with Crippen LogP contribution in [0.2, 0.25) is 0 Å². The van der Waals surface area contributed by atoms with Gasteiger partial charge in [0.05, 0.1) is 0 Å². The van der Waals surface area contributed by atoms with Crippen molar-refractivity contribution in [2.24, 2.45) is 5.92 Å². The van der Waals surface area contributed by atoms with Crippen molar-refractivity contribution in [3.8, 4) is 0 Å². The van der Waals surface area contributed by atoms with Crippen LogP contribution >= 0.6 is 15.9 Å². The number of halogens is 1. The van der Waals surface area contributed by atoms with E-state index in [1.165, 1.54) is 25.0 Å². The Hall–Kier alpha value is -0.540. The molecule has 2 nitrogen and oxygen atoms in total. The van der Waals surface area contributed by atoms with Crippen LogP contribution in [0.5, 0.6) is 0 Å². The van der Waals surface area contributed by atoms with Gasteiger partial charge in [-0.3, -0.25) is 4.90 Å². The molecule has 3 heteroatoms. The van der Waals surface area contributed by atoms with Gasteiger partial charge in [0.25, 0.3) is 0 Å². The van der Waals surface area contributed by atoms with Gasteiger partial charge in [-0.25, -0.2) is 0 Å². The van der Waals surface area contributed by atoms with E-state index >= 15 is 0 Å². The molecule has 0 saturated carbocycles. The highest BCUT2D eigenvalue weighted by molar-refractivity contribution is 9.09. The van der Waals surface area contributed by atoms with Gasteiger partial charge >= 0.3 is 0 Å². The maximum atomic E-state index is 3.81. The minimum atomic E-state index is 0.504. The molecule has 1 N–H and O–H groups in total. The molecule has 2 aliphatic heterocycles. The molecule has 0 bridgehead atoms. The van der Waals surface area contributed by atoms with Crippen LogP contribution in [0.3, 0.4) is 0 Å². The second kappa shape index (κ2) is 4.23. The lowest BCUT2D eigenvalue weighted by atomic mass is 9.73. The van der Waals surface area contributed by atoms with Crippen molar-refractivity contribution >= 4 is 15.9 Å². The Balaban J connectivity index is 1.82. The SMILES string of the molecule is CC1CC2=C(CN1C)C1=C3C(=CC(Br)C1)NCC3C2. The lowest BCUT2D eigenvalue weighted by molar-refractivity contribution is 0.255. The van der Waals surface area contributed by atoms with Crippen LogP contribution in [0.1, 0.15) is 26.2 Å². The number of rotatable bonds is 0. The molecule has 0 aromatic rings. The molecule has 0 aromatic carbocycles. The minimum Gasteiger partial charge on any atom is -0.384 e. The van der Waals surface area contributed by atoms with Crippen molar-refractivity contribution in [1.82, 2.24) is 10.2 Å². The zero-order valence-corrected chi connectivity index (χ0v) is 13.3. The van der Waals surface area contributed by atoms with Crippen LogP contribution in [0, 0.1) is 5.92 Å². The Morgan fingerprint density at radius 3 is 2.95 bits per heavy atom. The number of hydrogen-bond donors (Lipinski definition) is 1.